The number of hydrogen-bond donors (Lipinski definition) is 1. The Morgan fingerprint density at radius 1 is 1.28 bits per heavy atom. The van der Waals surface area contributed by atoms with Crippen LogP contribution in [0.25, 0.3) is 0 Å². The van der Waals surface area contributed by atoms with E-state index in [0.29, 0.717) is 5.13 Å². The minimum absolute atomic E-state index is 0.231. The molecule has 18 heavy (non-hydrogen) atoms. The Kier molecular flexibility index (Phi) is 3.69. The highest BCUT2D eigenvalue weighted by Gasteiger charge is 2.17. The first kappa shape index (κ1) is 12.3. The van der Waals surface area contributed by atoms with Crippen molar-refractivity contribution in [1.82, 2.24) is 4.98 Å². The summed E-state index contributed by atoms with van der Waals surface area (Å²) in [7, 11) is 1.28. The van der Waals surface area contributed by atoms with Crippen LogP contribution in [0.2, 0.25) is 0 Å². The lowest BCUT2D eigenvalue weighted by Gasteiger charge is -2.06. The van der Waals surface area contributed by atoms with E-state index in [-0.39, 0.29) is 17.0 Å². The van der Waals surface area contributed by atoms with Gasteiger partial charge in [0.15, 0.2) is 5.13 Å². The molecule has 0 atom stereocenters. The summed E-state index contributed by atoms with van der Waals surface area (Å²) in [6, 6.07) is 6.47. The smallest absolute Gasteiger partial charge is 0.338 e. The summed E-state index contributed by atoms with van der Waals surface area (Å²) < 4.78 is 4.63. The van der Waals surface area contributed by atoms with Crippen molar-refractivity contribution >= 4 is 28.3 Å². The Hall–Kier alpha value is -2.21. The molecular formula is C12H10N2O3S. The summed E-state index contributed by atoms with van der Waals surface area (Å²) >= 11 is 1.31. The highest BCUT2D eigenvalue weighted by Crippen LogP contribution is 2.15. The van der Waals surface area contributed by atoms with E-state index in [2.05, 4.69) is 15.0 Å². The molecule has 0 saturated heterocycles. The maximum Gasteiger partial charge on any atom is 0.338 e. The van der Waals surface area contributed by atoms with Crippen LogP contribution in [0.3, 0.4) is 0 Å². The molecule has 92 valence electrons. The van der Waals surface area contributed by atoms with Gasteiger partial charge in [-0.3, -0.25) is 10.1 Å². The number of amides is 1. The number of carbonyl (C=O) groups excluding carboxylic acids is 2. The predicted molar refractivity (Wildman–Crippen MR) is 67.8 cm³/mol. The molecule has 1 amide bonds. The van der Waals surface area contributed by atoms with Crippen LogP contribution >= 0.6 is 11.3 Å². The van der Waals surface area contributed by atoms with Crippen LogP contribution in [-0.2, 0) is 4.74 Å². The molecule has 0 aliphatic rings. The van der Waals surface area contributed by atoms with Gasteiger partial charge in [-0.25, -0.2) is 9.78 Å². The summed E-state index contributed by atoms with van der Waals surface area (Å²) in [6.45, 7) is 0. The van der Waals surface area contributed by atoms with E-state index in [0.717, 1.165) is 0 Å². The van der Waals surface area contributed by atoms with Gasteiger partial charge in [-0.05, 0) is 12.1 Å². The SMILES string of the molecule is COC(=O)c1ccccc1C(=O)Nc1nccs1. The fraction of sp³-hybridized carbons (Fsp3) is 0.0833. The zero-order valence-electron chi connectivity index (χ0n) is 9.54. The largest absolute Gasteiger partial charge is 0.465 e. The van der Waals surface area contributed by atoms with E-state index in [1.165, 1.54) is 18.4 Å². The maximum absolute atomic E-state index is 12.0. The lowest BCUT2D eigenvalue weighted by atomic mass is 10.1. The van der Waals surface area contributed by atoms with Crippen molar-refractivity contribution in [2.24, 2.45) is 0 Å². The Bertz CT molecular complexity index is 566. The van der Waals surface area contributed by atoms with E-state index in [1.807, 2.05) is 0 Å². The molecule has 1 aromatic carbocycles. The van der Waals surface area contributed by atoms with E-state index in [9.17, 15) is 9.59 Å². The Morgan fingerprint density at radius 2 is 2.00 bits per heavy atom. The Labute approximate surface area is 107 Å². The topological polar surface area (TPSA) is 68.3 Å². The lowest BCUT2D eigenvalue weighted by molar-refractivity contribution is 0.0597. The van der Waals surface area contributed by atoms with Crippen LogP contribution < -0.4 is 5.32 Å². The average Bonchev–Trinajstić information content (AvgIpc) is 2.90. The van der Waals surface area contributed by atoms with E-state index < -0.39 is 5.97 Å². The first-order valence-corrected chi connectivity index (χ1v) is 5.98. The van der Waals surface area contributed by atoms with Gasteiger partial charge in [-0.2, -0.15) is 0 Å². The molecule has 1 aromatic heterocycles. The van der Waals surface area contributed by atoms with Gasteiger partial charge < -0.3 is 4.74 Å². The zero-order chi connectivity index (χ0) is 13.0. The zero-order valence-corrected chi connectivity index (χ0v) is 10.4. The van der Waals surface area contributed by atoms with Crippen molar-refractivity contribution in [3.05, 3.63) is 47.0 Å². The van der Waals surface area contributed by atoms with Crippen LogP contribution in [0.4, 0.5) is 5.13 Å². The number of carbonyl (C=O) groups is 2. The summed E-state index contributed by atoms with van der Waals surface area (Å²) in [5, 5.41) is 4.86. The van der Waals surface area contributed by atoms with Gasteiger partial charge in [-0.1, -0.05) is 12.1 Å². The van der Waals surface area contributed by atoms with Gasteiger partial charge in [0.1, 0.15) is 0 Å². The molecule has 2 rings (SSSR count). The molecule has 0 fully saturated rings. The molecule has 2 aromatic rings. The molecule has 0 spiro atoms. The molecule has 0 unspecified atom stereocenters. The number of hydrogen-bond acceptors (Lipinski definition) is 5. The number of ether oxygens (including phenoxy) is 1. The second-order valence-electron chi connectivity index (χ2n) is 3.33. The molecular weight excluding hydrogens is 252 g/mol. The van der Waals surface area contributed by atoms with Crippen LogP contribution in [-0.4, -0.2) is 24.0 Å². The van der Waals surface area contributed by atoms with Crippen LogP contribution in [0.1, 0.15) is 20.7 Å². The number of methoxy groups -OCH3 is 1. The predicted octanol–water partition coefficient (Wildman–Crippen LogP) is 2.18. The number of nitrogens with one attached hydrogen (secondary N) is 1. The van der Waals surface area contributed by atoms with Crippen molar-refractivity contribution in [2.75, 3.05) is 12.4 Å². The molecule has 1 heterocycles. The van der Waals surface area contributed by atoms with E-state index in [1.54, 1.807) is 35.8 Å². The fourth-order valence-electron chi connectivity index (χ4n) is 1.42. The number of rotatable bonds is 3. The molecule has 0 bridgehead atoms. The molecule has 6 heteroatoms. The minimum Gasteiger partial charge on any atom is -0.465 e. The average molecular weight is 262 g/mol. The molecule has 0 aliphatic carbocycles. The van der Waals surface area contributed by atoms with E-state index >= 15 is 0 Å². The number of benzene rings is 1. The van der Waals surface area contributed by atoms with Gasteiger partial charge >= 0.3 is 5.97 Å². The first-order valence-electron chi connectivity index (χ1n) is 5.10. The highest BCUT2D eigenvalue weighted by molar-refractivity contribution is 7.13. The maximum atomic E-state index is 12.0. The quantitative estimate of drug-likeness (QED) is 0.861. The second kappa shape index (κ2) is 5.42. The number of aromatic nitrogens is 1. The number of esters is 1. The summed E-state index contributed by atoms with van der Waals surface area (Å²) in [4.78, 5) is 27.5. The first-order chi connectivity index (χ1) is 8.72. The number of nitrogens with zero attached hydrogens (tertiary/aromatic N) is 1. The number of thiazole rings is 1. The monoisotopic (exact) mass is 262 g/mol. The van der Waals surface area contributed by atoms with Gasteiger partial charge in [0.05, 0.1) is 18.2 Å². The molecule has 0 saturated carbocycles. The van der Waals surface area contributed by atoms with E-state index in [4.69, 9.17) is 0 Å². The third-order valence-electron chi connectivity index (χ3n) is 2.23. The molecule has 0 radical (unpaired) electrons. The van der Waals surface area contributed by atoms with Gasteiger partial charge in [0.2, 0.25) is 0 Å². The standard InChI is InChI=1S/C12H10N2O3S/c1-17-11(16)9-5-3-2-4-8(9)10(15)14-12-13-6-7-18-12/h2-7H,1H3,(H,13,14,15). The summed E-state index contributed by atoms with van der Waals surface area (Å²) in [6.07, 6.45) is 1.59. The Balaban J connectivity index is 2.27. The minimum atomic E-state index is -0.542. The molecule has 1 N–H and O–H groups in total. The highest BCUT2D eigenvalue weighted by atomic mass is 32.1. The lowest BCUT2D eigenvalue weighted by Crippen LogP contribution is -2.16. The van der Waals surface area contributed by atoms with Crippen molar-refractivity contribution in [1.29, 1.82) is 0 Å². The summed E-state index contributed by atoms with van der Waals surface area (Å²) in [5.41, 5.74) is 0.494. The third-order valence-corrected chi connectivity index (χ3v) is 2.92. The van der Waals surface area contributed by atoms with Crippen molar-refractivity contribution in [2.45, 2.75) is 0 Å². The van der Waals surface area contributed by atoms with Crippen molar-refractivity contribution in [3.63, 3.8) is 0 Å². The molecule has 5 nitrogen and oxygen atoms in total. The van der Waals surface area contributed by atoms with Crippen LogP contribution in [0.5, 0.6) is 0 Å². The van der Waals surface area contributed by atoms with Crippen LogP contribution in [0, 0.1) is 0 Å². The van der Waals surface area contributed by atoms with Gasteiger partial charge in [-0.15, -0.1) is 11.3 Å². The second-order valence-corrected chi connectivity index (χ2v) is 4.22. The van der Waals surface area contributed by atoms with Crippen molar-refractivity contribution in [3.8, 4) is 0 Å². The normalized spacial score (nSPS) is 9.83. The Morgan fingerprint density at radius 3 is 2.61 bits per heavy atom. The van der Waals surface area contributed by atoms with Gasteiger partial charge in [0, 0.05) is 11.6 Å². The van der Waals surface area contributed by atoms with Crippen LogP contribution in [0.15, 0.2) is 35.8 Å². The fourth-order valence-corrected chi connectivity index (χ4v) is 1.94. The van der Waals surface area contributed by atoms with Crippen molar-refractivity contribution < 1.29 is 14.3 Å². The molecule has 0 aliphatic heterocycles. The number of anilines is 1. The third kappa shape index (κ3) is 2.54. The van der Waals surface area contributed by atoms with Gasteiger partial charge in [0.25, 0.3) is 5.91 Å². The summed E-state index contributed by atoms with van der Waals surface area (Å²) in [5.74, 6) is -0.925.